The molecule has 0 spiro atoms. The van der Waals surface area contributed by atoms with Crippen molar-refractivity contribution < 1.29 is 14.3 Å². The zero-order valence-electron chi connectivity index (χ0n) is 13.2. The molecule has 2 unspecified atom stereocenters. The van der Waals surface area contributed by atoms with Crippen LogP contribution in [0.25, 0.3) is 0 Å². The van der Waals surface area contributed by atoms with Crippen LogP contribution in [0.2, 0.25) is 0 Å². The van der Waals surface area contributed by atoms with Crippen LogP contribution >= 0.6 is 0 Å². The number of nitriles is 1. The minimum Gasteiger partial charge on any atom is -0.496 e. The number of aliphatic imine (C=N–C) groups is 1. The summed E-state index contributed by atoms with van der Waals surface area (Å²) in [6, 6.07) is 7.12. The van der Waals surface area contributed by atoms with Gasteiger partial charge in [-0.25, -0.2) is 19.5 Å². The highest BCUT2D eigenvalue weighted by atomic mass is 16.5. The lowest BCUT2D eigenvalue weighted by Gasteiger charge is -2.35. The van der Waals surface area contributed by atoms with Gasteiger partial charge >= 0.3 is 12.1 Å². The molecule has 2 rings (SSSR count). The first-order chi connectivity index (χ1) is 11.0. The van der Waals surface area contributed by atoms with Crippen molar-refractivity contribution in [3.05, 3.63) is 29.8 Å². The number of benzene rings is 1. The summed E-state index contributed by atoms with van der Waals surface area (Å²) in [5, 5.41) is 12.1. The van der Waals surface area contributed by atoms with Crippen LogP contribution in [-0.2, 0) is 0 Å². The predicted molar refractivity (Wildman–Crippen MR) is 84.3 cm³/mol. The maximum atomic E-state index is 12.3. The number of ether oxygens (including phenoxy) is 1. The van der Waals surface area contributed by atoms with E-state index in [-0.39, 0.29) is 0 Å². The molecule has 7 heteroatoms. The number of nitrogens with zero attached hydrogens (tertiary/aromatic N) is 3. The van der Waals surface area contributed by atoms with Crippen molar-refractivity contribution in [1.82, 2.24) is 10.2 Å². The molecule has 1 N–H and O–H groups in total. The van der Waals surface area contributed by atoms with Crippen LogP contribution in [-0.4, -0.2) is 36.3 Å². The zero-order chi connectivity index (χ0) is 17.0. The lowest BCUT2D eigenvalue weighted by Crippen LogP contribution is -2.50. The average molecular weight is 314 g/mol. The lowest BCUT2D eigenvalue weighted by atomic mass is 9.87. The summed E-state index contributed by atoms with van der Waals surface area (Å²) < 4.78 is 5.33. The van der Waals surface area contributed by atoms with Crippen molar-refractivity contribution in [3.63, 3.8) is 0 Å². The molecule has 23 heavy (non-hydrogen) atoms. The highest BCUT2D eigenvalue weighted by molar-refractivity contribution is 6.05. The van der Waals surface area contributed by atoms with E-state index in [9.17, 15) is 14.9 Å². The van der Waals surface area contributed by atoms with E-state index >= 15 is 0 Å². The number of carbonyl (C=O) groups excluding carboxylic acids is 2. The summed E-state index contributed by atoms with van der Waals surface area (Å²) >= 11 is 0. The molecule has 0 aliphatic carbocycles. The number of nitrogens with one attached hydrogen (secondary N) is 1. The largest absolute Gasteiger partial charge is 0.496 e. The SMILES string of the molecule is CCNC(=O)N1C(=O)N=C(C)C(C#N)C1c1ccccc1OC. The van der Waals surface area contributed by atoms with Crippen LogP contribution < -0.4 is 10.1 Å². The number of hydrogen-bond acceptors (Lipinski definition) is 4. The summed E-state index contributed by atoms with van der Waals surface area (Å²) in [5.41, 5.74) is 0.976. The van der Waals surface area contributed by atoms with E-state index in [0.717, 1.165) is 4.90 Å². The van der Waals surface area contributed by atoms with Gasteiger partial charge in [0.1, 0.15) is 11.7 Å². The van der Waals surface area contributed by atoms with Crippen LogP contribution in [0, 0.1) is 17.2 Å². The Hall–Kier alpha value is -2.88. The first-order valence-electron chi connectivity index (χ1n) is 7.23. The second kappa shape index (κ2) is 6.92. The van der Waals surface area contributed by atoms with E-state index in [0.29, 0.717) is 23.6 Å². The van der Waals surface area contributed by atoms with Crippen molar-refractivity contribution >= 4 is 17.8 Å². The van der Waals surface area contributed by atoms with Crippen LogP contribution in [0.5, 0.6) is 5.75 Å². The number of para-hydroxylation sites is 1. The highest BCUT2D eigenvalue weighted by Crippen LogP contribution is 2.38. The fraction of sp³-hybridized carbons (Fsp3) is 0.375. The fourth-order valence-electron chi connectivity index (χ4n) is 2.61. The molecule has 0 saturated carbocycles. The number of hydrogen-bond donors (Lipinski definition) is 1. The quantitative estimate of drug-likeness (QED) is 0.927. The van der Waals surface area contributed by atoms with Gasteiger partial charge in [0.15, 0.2) is 0 Å². The number of methoxy groups -OCH3 is 1. The molecule has 7 nitrogen and oxygen atoms in total. The number of imide groups is 1. The second-order valence-corrected chi connectivity index (χ2v) is 5.03. The van der Waals surface area contributed by atoms with Gasteiger partial charge in [0.25, 0.3) is 0 Å². The molecule has 1 aromatic rings. The summed E-state index contributed by atoms with van der Waals surface area (Å²) in [4.78, 5) is 29.4. The van der Waals surface area contributed by atoms with Crippen molar-refractivity contribution in [2.24, 2.45) is 10.9 Å². The molecule has 1 aliphatic heterocycles. The molecule has 120 valence electrons. The molecule has 0 aromatic heterocycles. The van der Waals surface area contributed by atoms with Crippen molar-refractivity contribution in [1.29, 1.82) is 5.26 Å². The third kappa shape index (κ3) is 3.01. The Morgan fingerprint density at radius 3 is 2.78 bits per heavy atom. The first-order valence-corrected chi connectivity index (χ1v) is 7.23. The lowest BCUT2D eigenvalue weighted by molar-refractivity contribution is 0.166. The molecule has 0 radical (unpaired) electrons. The van der Waals surface area contributed by atoms with E-state index in [4.69, 9.17) is 4.74 Å². The van der Waals surface area contributed by atoms with Gasteiger partial charge in [0, 0.05) is 17.8 Å². The van der Waals surface area contributed by atoms with Gasteiger partial charge in [-0.3, -0.25) is 0 Å². The van der Waals surface area contributed by atoms with E-state index in [2.05, 4.69) is 16.4 Å². The predicted octanol–water partition coefficient (Wildman–Crippen LogP) is 2.50. The van der Waals surface area contributed by atoms with Crippen LogP contribution in [0.1, 0.15) is 25.5 Å². The minimum atomic E-state index is -0.785. The Labute approximate surface area is 134 Å². The minimum absolute atomic E-state index is 0.362. The highest BCUT2D eigenvalue weighted by Gasteiger charge is 2.42. The Morgan fingerprint density at radius 1 is 1.48 bits per heavy atom. The molecule has 0 saturated heterocycles. The van der Waals surface area contributed by atoms with E-state index in [1.807, 2.05) is 0 Å². The van der Waals surface area contributed by atoms with Gasteiger partial charge in [0.2, 0.25) is 0 Å². The fourth-order valence-corrected chi connectivity index (χ4v) is 2.61. The van der Waals surface area contributed by atoms with Crippen LogP contribution in [0.4, 0.5) is 9.59 Å². The zero-order valence-corrected chi connectivity index (χ0v) is 13.2. The van der Waals surface area contributed by atoms with Crippen LogP contribution in [0.3, 0.4) is 0 Å². The third-order valence-electron chi connectivity index (χ3n) is 3.67. The molecule has 2 atom stereocenters. The van der Waals surface area contributed by atoms with Crippen molar-refractivity contribution in [3.8, 4) is 11.8 Å². The summed E-state index contributed by atoms with van der Waals surface area (Å²) in [6.45, 7) is 3.73. The Bertz CT molecular complexity index is 693. The van der Waals surface area contributed by atoms with Gasteiger partial charge in [0.05, 0.1) is 19.2 Å². The van der Waals surface area contributed by atoms with Gasteiger partial charge in [-0.2, -0.15) is 5.26 Å². The summed E-state index contributed by atoms with van der Waals surface area (Å²) in [5.74, 6) is -0.221. The Balaban J connectivity index is 2.61. The van der Waals surface area contributed by atoms with E-state index < -0.39 is 24.0 Å². The Kier molecular flexibility index (Phi) is 4.96. The molecule has 4 amide bonds. The van der Waals surface area contributed by atoms with Gasteiger partial charge in [-0.1, -0.05) is 18.2 Å². The molecular weight excluding hydrogens is 296 g/mol. The number of urea groups is 2. The molecule has 0 bridgehead atoms. The van der Waals surface area contributed by atoms with Gasteiger partial charge < -0.3 is 10.1 Å². The molecule has 0 fully saturated rings. The third-order valence-corrected chi connectivity index (χ3v) is 3.67. The monoisotopic (exact) mass is 314 g/mol. The first kappa shape index (κ1) is 16.5. The molecule has 1 aliphatic rings. The molecular formula is C16H18N4O3. The van der Waals surface area contributed by atoms with Crippen LogP contribution in [0.15, 0.2) is 29.3 Å². The smallest absolute Gasteiger partial charge is 0.352 e. The van der Waals surface area contributed by atoms with E-state index in [1.54, 1.807) is 38.1 Å². The van der Waals surface area contributed by atoms with Gasteiger partial charge in [-0.05, 0) is 19.9 Å². The van der Waals surface area contributed by atoms with E-state index in [1.165, 1.54) is 7.11 Å². The molecule has 1 aromatic carbocycles. The topological polar surface area (TPSA) is 94.8 Å². The maximum absolute atomic E-state index is 12.3. The van der Waals surface area contributed by atoms with Gasteiger partial charge in [-0.15, -0.1) is 0 Å². The summed E-state index contributed by atoms with van der Waals surface area (Å²) in [6.07, 6.45) is 0. The second-order valence-electron chi connectivity index (χ2n) is 5.03. The normalized spacial score (nSPS) is 20.5. The maximum Gasteiger partial charge on any atom is 0.352 e. The number of amides is 4. The average Bonchev–Trinajstić information content (AvgIpc) is 2.54. The molecule has 1 heterocycles. The van der Waals surface area contributed by atoms with Crippen molar-refractivity contribution in [2.45, 2.75) is 19.9 Å². The number of carbonyl (C=O) groups is 2. The Morgan fingerprint density at radius 2 is 2.17 bits per heavy atom. The number of rotatable bonds is 3. The summed E-state index contributed by atoms with van der Waals surface area (Å²) in [7, 11) is 1.50. The standard InChI is InChI=1S/C16H18N4O3/c1-4-18-15(21)20-14(11-7-5-6-8-13(11)23-3)12(9-17)10(2)19-16(20)22/h5-8,12,14H,4H2,1-3H3,(H,18,21). The van der Waals surface area contributed by atoms with Crippen molar-refractivity contribution in [2.75, 3.05) is 13.7 Å².